The predicted molar refractivity (Wildman–Crippen MR) is 183 cm³/mol. The molecule has 44 heavy (non-hydrogen) atoms. The van der Waals surface area contributed by atoms with Gasteiger partial charge in [0.2, 0.25) is 5.91 Å². The highest BCUT2D eigenvalue weighted by Gasteiger charge is 2.44. The van der Waals surface area contributed by atoms with E-state index in [1.807, 2.05) is 4.90 Å². The average Bonchev–Trinajstić information content (AvgIpc) is 3.43. The quantitative estimate of drug-likeness (QED) is 0.259. The highest BCUT2D eigenvalue weighted by molar-refractivity contribution is 6.30. The summed E-state index contributed by atoms with van der Waals surface area (Å²) < 4.78 is 19.0. The smallest absolute Gasteiger partial charge is 0.305 e. The van der Waals surface area contributed by atoms with E-state index in [1.54, 1.807) is 19.1 Å². The first-order valence-electron chi connectivity index (χ1n) is 16.2. The van der Waals surface area contributed by atoms with Crippen LogP contribution in [0.3, 0.4) is 0 Å². The number of ether oxygens (including phenoxy) is 1. The van der Waals surface area contributed by atoms with Crippen LogP contribution in [0.25, 0.3) is 0 Å². The predicted octanol–water partition coefficient (Wildman–Crippen LogP) is 9.15. The number of carbonyl (C=O) groups is 2. The molecule has 2 unspecified atom stereocenters. The Morgan fingerprint density at radius 2 is 1.66 bits per heavy atom. The number of esters is 1. The highest BCUT2D eigenvalue weighted by Crippen LogP contribution is 2.39. The van der Waals surface area contributed by atoms with Crippen molar-refractivity contribution in [1.82, 2.24) is 9.80 Å². The van der Waals surface area contributed by atoms with E-state index in [9.17, 15) is 14.0 Å². The summed E-state index contributed by atoms with van der Waals surface area (Å²) in [7, 11) is 1.38. The lowest BCUT2D eigenvalue weighted by atomic mass is 9.87. The van der Waals surface area contributed by atoms with Gasteiger partial charge in [-0.05, 0) is 94.7 Å². The van der Waals surface area contributed by atoms with Gasteiger partial charge in [0.05, 0.1) is 13.0 Å². The number of hydrogen-bond donors (Lipinski definition) is 0. The molecule has 7 heteroatoms. The van der Waals surface area contributed by atoms with E-state index in [0.29, 0.717) is 36.0 Å². The summed E-state index contributed by atoms with van der Waals surface area (Å²) >= 11 is 5.97. The zero-order valence-electron chi connectivity index (χ0n) is 29.2. The third-order valence-electron chi connectivity index (χ3n) is 8.73. The molecule has 248 valence electrons. The highest BCUT2D eigenvalue weighted by atomic mass is 35.5. The Bertz CT molecular complexity index is 1150. The van der Waals surface area contributed by atoms with E-state index in [-0.39, 0.29) is 35.1 Å². The first-order chi connectivity index (χ1) is 20.6. The molecule has 0 N–H and O–H groups in total. The lowest BCUT2D eigenvalue weighted by Crippen LogP contribution is -2.43. The van der Waals surface area contributed by atoms with Gasteiger partial charge in [0, 0.05) is 49.1 Å². The molecule has 1 heterocycles. The van der Waals surface area contributed by atoms with Crippen LogP contribution >= 0.6 is 11.6 Å². The summed E-state index contributed by atoms with van der Waals surface area (Å²) in [6, 6.07) is 11.2. The Kier molecular flexibility index (Phi) is 17.2. The Morgan fingerprint density at radius 1 is 1.05 bits per heavy atom. The van der Waals surface area contributed by atoms with Gasteiger partial charge in [-0.2, -0.15) is 0 Å². The van der Waals surface area contributed by atoms with Gasteiger partial charge in [0.15, 0.2) is 0 Å². The van der Waals surface area contributed by atoms with Crippen LogP contribution < -0.4 is 0 Å². The standard InChI is InChI=1S/C24H38ClFN2O.C9H12.C4H8O2/c1-7-12-27(13-11-17(3)8-2)23(29)21-16-28(24(4,5)6)15-20(21)19-10-9-18(25)14-22(19)26;1-7-5-4-6-8(2)9(7)3;1-3-4(5)6-2/h9-10,14,17,20-21H,7-8,11-13,15-16H2,1-6H3;4-6H,1-3H3;3H2,1-2H3/t17?,20-,21?;;/m0../s1. The van der Waals surface area contributed by atoms with Crippen molar-refractivity contribution < 1.29 is 18.7 Å². The van der Waals surface area contributed by atoms with Crippen molar-refractivity contribution in [1.29, 1.82) is 0 Å². The summed E-state index contributed by atoms with van der Waals surface area (Å²) in [5, 5.41) is 0.390. The molecule has 0 saturated carbocycles. The summed E-state index contributed by atoms with van der Waals surface area (Å²) in [6.07, 6.45) is 3.53. The molecule has 0 bridgehead atoms. The average molecular weight is 633 g/mol. The monoisotopic (exact) mass is 632 g/mol. The van der Waals surface area contributed by atoms with E-state index in [2.05, 4.69) is 90.1 Å². The molecule has 0 aliphatic carbocycles. The number of nitrogens with zero attached hydrogens (tertiary/aromatic N) is 2. The van der Waals surface area contributed by atoms with Gasteiger partial charge in [0.1, 0.15) is 5.82 Å². The van der Waals surface area contributed by atoms with Gasteiger partial charge in [-0.15, -0.1) is 0 Å². The molecule has 0 radical (unpaired) electrons. The summed E-state index contributed by atoms with van der Waals surface area (Å²) in [4.78, 5) is 27.9. The zero-order chi connectivity index (χ0) is 33.6. The van der Waals surface area contributed by atoms with Gasteiger partial charge in [-0.1, -0.05) is 70.0 Å². The molecule has 2 aromatic rings. The second kappa shape index (κ2) is 19.2. The minimum Gasteiger partial charge on any atom is -0.469 e. The molecule has 1 aliphatic rings. The maximum atomic E-state index is 14.8. The Hall–Kier alpha value is -2.44. The number of aryl methyl sites for hydroxylation is 2. The Balaban J connectivity index is 0.000000526. The van der Waals surface area contributed by atoms with Crippen LogP contribution in [0.2, 0.25) is 5.02 Å². The third kappa shape index (κ3) is 12.5. The van der Waals surface area contributed by atoms with E-state index in [1.165, 1.54) is 29.9 Å². The van der Waals surface area contributed by atoms with Crippen molar-refractivity contribution >= 4 is 23.5 Å². The second-order valence-electron chi connectivity index (χ2n) is 13.0. The maximum absolute atomic E-state index is 14.8. The number of likely N-dealkylation sites (tertiary alicyclic amines) is 1. The van der Waals surface area contributed by atoms with Crippen LogP contribution in [-0.4, -0.2) is 60.5 Å². The number of halogens is 2. The van der Waals surface area contributed by atoms with E-state index >= 15 is 0 Å². The molecule has 1 amide bonds. The number of amides is 1. The van der Waals surface area contributed by atoms with Crippen molar-refractivity contribution in [3.63, 3.8) is 0 Å². The van der Waals surface area contributed by atoms with Crippen LogP contribution in [0.15, 0.2) is 36.4 Å². The van der Waals surface area contributed by atoms with E-state index < -0.39 is 0 Å². The Labute approximate surface area is 272 Å². The minimum absolute atomic E-state index is 0.0670. The summed E-state index contributed by atoms with van der Waals surface area (Å²) in [5.41, 5.74) is 4.73. The van der Waals surface area contributed by atoms with Gasteiger partial charge in [0.25, 0.3) is 0 Å². The molecule has 5 nitrogen and oxygen atoms in total. The minimum atomic E-state index is -0.308. The number of rotatable bonds is 9. The number of benzene rings is 2. The lowest BCUT2D eigenvalue weighted by Gasteiger charge is -2.32. The topological polar surface area (TPSA) is 49.9 Å². The van der Waals surface area contributed by atoms with E-state index in [4.69, 9.17) is 11.6 Å². The fraction of sp³-hybridized carbons (Fsp3) is 0.622. The third-order valence-corrected chi connectivity index (χ3v) is 8.97. The number of carbonyl (C=O) groups excluding carboxylic acids is 2. The molecule has 3 atom stereocenters. The molecule has 3 rings (SSSR count). The summed E-state index contributed by atoms with van der Waals surface area (Å²) in [6.45, 7) is 24.1. The van der Waals surface area contributed by atoms with Gasteiger partial charge >= 0.3 is 5.97 Å². The lowest BCUT2D eigenvalue weighted by molar-refractivity contribution is -0.140. The largest absolute Gasteiger partial charge is 0.469 e. The van der Waals surface area contributed by atoms with E-state index in [0.717, 1.165) is 32.4 Å². The fourth-order valence-electron chi connectivity index (χ4n) is 5.18. The second-order valence-corrected chi connectivity index (χ2v) is 13.5. The molecule has 0 spiro atoms. The van der Waals surface area contributed by atoms with Crippen LogP contribution in [-0.2, 0) is 14.3 Å². The van der Waals surface area contributed by atoms with Gasteiger partial charge in [-0.3, -0.25) is 14.5 Å². The molecule has 1 saturated heterocycles. The van der Waals surface area contributed by atoms with Crippen molar-refractivity contribution in [2.45, 2.75) is 106 Å². The first kappa shape index (κ1) is 39.6. The molecule has 1 fully saturated rings. The fourth-order valence-corrected chi connectivity index (χ4v) is 5.34. The SMILES string of the molecule is CCC(=O)OC.CCCN(CCC(C)CC)C(=O)C1CN(C(C)(C)C)C[C@H]1c1ccc(Cl)cc1F.Cc1cccc(C)c1C. The molecular formula is C37H58ClFN2O3. The summed E-state index contributed by atoms with van der Waals surface area (Å²) in [5.74, 6) is -0.0781. The van der Waals surface area contributed by atoms with Crippen molar-refractivity contribution in [2.24, 2.45) is 11.8 Å². The van der Waals surface area contributed by atoms with Gasteiger partial charge < -0.3 is 9.64 Å². The van der Waals surface area contributed by atoms with Crippen LogP contribution in [0.5, 0.6) is 0 Å². The van der Waals surface area contributed by atoms with Crippen molar-refractivity contribution in [3.05, 3.63) is 69.5 Å². The van der Waals surface area contributed by atoms with Crippen molar-refractivity contribution in [3.8, 4) is 0 Å². The zero-order valence-corrected chi connectivity index (χ0v) is 30.0. The molecule has 2 aromatic carbocycles. The maximum Gasteiger partial charge on any atom is 0.305 e. The number of methoxy groups -OCH3 is 1. The van der Waals surface area contributed by atoms with Crippen molar-refractivity contribution in [2.75, 3.05) is 33.3 Å². The normalized spacial score (nSPS) is 17.1. The first-order valence-corrected chi connectivity index (χ1v) is 16.6. The molecule has 0 aromatic heterocycles. The Morgan fingerprint density at radius 3 is 2.09 bits per heavy atom. The molecule has 1 aliphatic heterocycles. The van der Waals surface area contributed by atoms with Gasteiger partial charge in [-0.25, -0.2) is 4.39 Å². The van der Waals surface area contributed by atoms with Crippen LogP contribution in [0.4, 0.5) is 4.39 Å². The van der Waals surface area contributed by atoms with Crippen LogP contribution in [0, 0.1) is 38.4 Å². The molecular weight excluding hydrogens is 575 g/mol. The number of hydrogen-bond acceptors (Lipinski definition) is 4. The van der Waals surface area contributed by atoms with Crippen LogP contribution in [0.1, 0.15) is 102 Å².